The number of thioether (sulfide) groups is 1. The van der Waals surface area contributed by atoms with Gasteiger partial charge in [-0.3, -0.25) is 30.0 Å². The summed E-state index contributed by atoms with van der Waals surface area (Å²) in [5.74, 6) is -1.16. The number of pyridine rings is 1. The van der Waals surface area contributed by atoms with Gasteiger partial charge in [-0.1, -0.05) is 40.2 Å². The van der Waals surface area contributed by atoms with Crippen LogP contribution < -0.4 is 49.3 Å². The number of hydrogen-bond donors (Lipinski definition) is 3. The summed E-state index contributed by atoms with van der Waals surface area (Å²) >= 11 is 10.3. The molecule has 0 aliphatic carbocycles. The molecular weight excluding hydrogens is 1060 g/mol. The monoisotopic (exact) mass is 1100 g/mol. The SMILES string of the molecule is CO/N=C(\C(=O)N[C@@H]1C(=O)N2C(C(=O)OCc3ccc(OC)cc3)=C(C[n+]3ccc4c(ccn4Cc4cc(C(=O)NN5CCCC5)cs4)c3)CS[C@H]12)c1nc(NC(=O)OC(C)(C)C)sc1Cl.[I-]. The van der Waals surface area contributed by atoms with Crippen molar-refractivity contribution in [1.82, 2.24) is 30.2 Å². The number of aromatic nitrogens is 3. The van der Waals surface area contributed by atoms with Gasteiger partial charge in [-0.05, 0) is 63.4 Å². The molecule has 18 nitrogen and oxygen atoms in total. The molecule has 4 aromatic heterocycles. The molecule has 2 fully saturated rings. The molecule has 0 radical (unpaired) electrons. The van der Waals surface area contributed by atoms with Crippen molar-refractivity contribution < 1.29 is 71.6 Å². The molecule has 3 aliphatic rings. The molecule has 354 valence electrons. The van der Waals surface area contributed by atoms with E-state index in [0.717, 1.165) is 58.6 Å². The Kier molecular flexibility index (Phi) is 15.8. The number of nitrogens with one attached hydrogen (secondary N) is 3. The average molecular weight is 1100 g/mol. The lowest BCUT2D eigenvalue weighted by Gasteiger charge is -2.49. The number of ether oxygens (including phenoxy) is 3. The topological polar surface area (TPSA) is 199 Å². The van der Waals surface area contributed by atoms with Gasteiger partial charge in [-0.2, -0.15) is 0 Å². The number of hydrazine groups is 1. The summed E-state index contributed by atoms with van der Waals surface area (Å²) in [4.78, 5) is 78.9. The minimum absolute atomic E-state index is 0. The van der Waals surface area contributed by atoms with Crippen LogP contribution in [0, 0.1) is 0 Å². The molecule has 2 saturated heterocycles. The first-order valence-corrected chi connectivity index (χ1v) is 24.0. The molecule has 23 heteroatoms. The van der Waals surface area contributed by atoms with Gasteiger partial charge in [0.1, 0.15) is 52.2 Å². The van der Waals surface area contributed by atoms with Gasteiger partial charge in [0.2, 0.25) is 0 Å². The summed E-state index contributed by atoms with van der Waals surface area (Å²) < 4.78 is 20.5. The van der Waals surface area contributed by atoms with E-state index in [1.54, 1.807) is 52.1 Å². The van der Waals surface area contributed by atoms with E-state index in [1.807, 2.05) is 51.7 Å². The van der Waals surface area contributed by atoms with Gasteiger partial charge in [0, 0.05) is 46.9 Å². The van der Waals surface area contributed by atoms with Crippen molar-refractivity contribution in [2.45, 2.75) is 70.3 Å². The summed E-state index contributed by atoms with van der Waals surface area (Å²) in [5.41, 5.74) is 4.90. The molecule has 0 unspecified atom stereocenters. The third-order valence-corrected chi connectivity index (χ3v) is 14.1. The van der Waals surface area contributed by atoms with E-state index in [-0.39, 0.29) is 69.6 Å². The van der Waals surface area contributed by atoms with E-state index in [4.69, 9.17) is 30.6 Å². The Balaban J connectivity index is 0.00000666. The highest BCUT2D eigenvalue weighted by Gasteiger charge is 2.55. The quantitative estimate of drug-likeness (QED) is 0.0347. The van der Waals surface area contributed by atoms with Crippen molar-refractivity contribution in [1.29, 1.82) is 0 Å². The molecule has 0 saturated carbocycles. The Morgan fingerprint density at radius 1 is 1.06 bits per heavy atom. The second-order valence-corrected chi connectivity index (χ2v) is 20.2. The van der Waals surface area contributed by atoms with Crippen LogP contribution in [-0.2, 0) is 48.4 Å². The number of carbonyl (C=O) groups excluding carboxylic acids is 5. The summed E-state index contributed by atoms with van der Waals surface area (Å²) in [7, 11) is 2.80. The number of nitrogens with zero attached hydrogens (tertiary/aromatic N) is 6. The number of fused-ring (bicyclic) bond motifs is 2. The molecule has 5 aromatic rings. The Morgan fingerprint density at radius 3 is 2.54 bits per heavy atom. The van der Waals surface area contributed by atoms with E-state index in [0.29, 0.717) is 29.2 Å². The first-order chi connectivity index (χ1) is 31.7. The fourth-order valence-electron chi connectivity index (χ4n) is 7.55. The predicted octanol–water partition coefficient (Wildman–Crippen LogP) is 2.70. The highest BCUT2D eigenvalue weighted by Crippen LogP contribution is 2.41. The smallest absolute Gasteiger partial charge is 0.413 e. The summed E-state index contributed by atoms with van der Waals surface area (Å²) in [6.45, 7) is 7.64. The van der Waals surface area contributed by atoms with E-state index in [1.165, 1.54) is 35.1 Å². The molecule has 1 aromatic carbocycles. The van der Waals surface area contributed by atoms with Gasteiger partial charge in [0.25, 0.3) is 17.7 Å². The Morgan fingerprint density at radius 2 is 1.82 bits per heavy atom. The van der Waals surface area contributed by atoms with Gasteiger partial charge >= 0.3 is 12.1 Å². The Labute approximate surface area is 420 Å². The van der Waals surface area contributed by atoms with Crippen LogP contribution in [0.15, 0.2) is 82.9 Å². The van der Waals surface area contributed by atoms with E-state index >= 15 is 0 Å². The van der Waals surface area contributed by atoms with Crippen molar-refractivity contribution in [2.75, 3.05) is 38.4 Å². The number of hydrogen-bond acceptors (Lipinski definition) is 15. The molecule has 0 spiro atoms. The fraction of sp³-hybridized carbons (Fsp3) is 0.364. The minimum atomic E-state index is -1.06. The number of anilines is 1. The zero-order chi connectivity index (χ0) is 46.7. The second kappa shape index (κ2) is 21.4. The van der Waals surface area contributed by atoms with Crippen LogP contribution in [0.25, 0.3) is 10.9 Å². The van der Waals surface area contributed by atoms with E-state index < -0.39 is 40.9 Å². The largest absolute Gasteiger partial charge is 1.00 e. The molecule has 67 heavy (non-hydrogen) atoms. The molecular formula is C44H47ClIN9O9S3. The number of thiophene rings is 1. The number of oxime groups is 1. The van der Waals surface area contributed by atoms with Crippen LogP contribution >= 0.6 is 46.0 Å². The van der Waals surface area contributed by atoms with Crippen molar-refractivity contribution in [3.8, 4) is 5.75 Å². The summed E-state index contributed by atoms with van der Waals surface area (Å²) in [6.07, 6.45) is 7.28. The van der Waals surface area contributed by atoms with Gasteiger partial charge < -0.3 is 52.9 Å². The van der Waals surface area contributed by atoms with Gasteiger partial charge in [-0.15, -0.1) is 23.1 Å². The number of β-lactam (4-membered cyclic amide) rings is 1. The number of esters is 1. The van der Waals surface area contributed by atoms with E-state index in [2.05, 4.69) is 30.8 Å². The zero-order valence-corrected chi connectivity index (χ0v) is 42.4. The van der Waals surface area contributed by atoms with Crippen molar-refractivity contribution >= 4 is 97.6 Å². The molecule has 3 N–H and O–H groups in total. The molecule has 2 atom stereocenters. The first-order valence-electron chi connectivity index (χ1n) is 20.8. The molecule has 4 amide bonds. The third kappa shape index (κ3) is 11.5. The number of thiazole rings is 1. The second-order valence-electron chi connectivity index (χ2n) is 16.5. The number of rotatable bonds is 15. The van der Waals surface area contributed by atoms with Crippen LogP contribution in [0.4, 0.5) is 9.93 Å². The fourth-order valence-corrected chi connectivity index (χ4v) is 10.8. The van der Waals surface area contributed by atoms with Gasteiger partial charge in [-0.25, -0.2) is 24.1 Å². The number of methoxy groups -OCH3 is 1. The summed E-state index contributed by atoms with van der Waals surface area (Å²) in [6, 6.07) is 12.0. The zero-order valence-electron chi connectivity index (χ0n) is 37.0. The Bertz CT molecular complexity index is 2750. The van der Waals surface area contributed by atoms with E-state index in [9.17, 15) is 24.0 Å². The minimum Gasteiger partial charge on any atom is -1.00 e. The highest BCUT2D eigenvalue weighted by molar-refractivity contribution is 8.00. The molecule has 3 aliphatic heterocycles. The van der Waals surface area contributed by atoms with Crippen LogP contribution in [0.3, 0.4) is 0 Å². The molecule has 7 heterocycles. The maximum atomic E-state index is 14.1. The van der Waals surface area contributed by atoms with Crippen molar-refractivity contribution in [3.05, 3.63) is 104 Å². The normalized spacial score (nSPS) is 17.3. The lowest BCUT2D eigenvalue weighted by Crippen LogP contribution is -3.00. The van der Waals surface area contributed by atoms with Crippen LogP contribution in [0.2, 0.25) is 4.34 Å². The van der Waals surface area contributed by atoms with Gasteiger partial charge in [0.05, 0.1) is 30.1 Å². The first kappa shape index (κ1) is 49.6. The number of benzene rings is 1. The van der Waals surface area contributed by atoms with Crippen molar-refractivity contribution in [2.24, 2.45) is 5.16 Å². The molecule has 0 bridgehead atoms. The van der Waals surface area contributed by atoms with Crippen molar-refractivity contribution in [3.63, 3.8) is 0 Å². The number of carbonyl (C=O) groups is 5. The molecule has 8 rings (SSSR count). The maximum Gasteiger partial charge on any atom is 0.413 e. The average Bonchev–Trinajstić information content (AvgIpc) is 4.12. The Hall–Kier alpha value is -5.27. The van der Waals surface area contributed by atoms with Gasteiger partial charge in [0.15, 0.2) is 29.8 Å². The van der Waals surface area contributed by atoms with Crippen LogP contribution in [-0.4, -0.2) is 105 Å². The lowest BCUT2D eigenvalue weighted by molar-refractivity contribution is -0.687. The highest BCUT2D eigenvalue weighted by atomic mass is 127. The third-order valence-electron chi connectivity index (χ3n) is 10.6. The van der Waals surface area contributed by atoms with Crippen LogP contribution in [0.1, 0.15) is 60.1 Å². The number of amides is 4. The standard InChI is InChI=1S/C44H46ClN9O9S3.HI/c1-44(2,3)63-43(59)48-42-47-32(36(45)66-42)33(50-61-5)38(56)46-34-39(57)54-35(41(58)62-22-25-8-10-29(60-4)11-9-25)28(24-65-40(34)54)20-51-16-13-31-26(19-51)12-17-52(31)21-30-18-27(23-64-30)37(55)49-53-14-6-7-15-53;/h8-13,16-19,23,34,40H,6-7,14-15,20-22,24H2,1-5H3,(H2-,46,47,48,49,55,56,59);1H/b50-33-;/t34-,40-;/m1./s1. The maximum absolute atomic E-state index is 14.1. The lowest BCUT2D eigenvalue weighted by atomic mass is 10.0. The number of halogens is 2. The summed E-state index contributed by atoms with van der Waals surface area (Å²) in [5, 5.41) is 13.3. The van der Waals surface area contributed by atoms with Crippen LogP contribution in [0.5, 0.6) is 5.75 Å². The predicted molar refractivity (Wildman–Crippen MR) is 249 cm³/mol.